The topological polar surface area (TPSA) is 62.7 Å². The Morgan fingerprint density at radius 1 is 1.00 bits per heavy atom. The first-order valence-electron chi connectivity index (χ1n) is 13.7. The van der Waals surface area contributed by atoms with Gasteiger partial charge in [-0.15, -0.1) is 0 Å². The molecule has 2 aliphatic rings. The van der Waals surface area contributed by atoms with Gasteiger partial charge in [0.05, 0.1) is 16.6 Å². The molecule has 3 aromatic rings. The fourth-order valence-electron chi connectivity index (χ4n) is 4.97. The molecule has 1 saturated carbocycles. The summed E-state index contributed by atoms with van der Waals surface area (Å²) in [4.78, 5) is 35.2. The molecule has 2 aromatic carbocycles. The van der Waals surface area contributed by atoms with Crippen LogP contribution in [-0.4, -0.2) is 51.5 Å². The smallest absolute Gasteiger partial charge is 0.410 e. The van der Waals surface area contributed by atoms with E-state index in [1.807, 2.05) is 62.1 Å². The SMILES string of the molecule is CC(C)(C)OC(=O)N1CCC(c2cccc(-c3ccc(Cl)nc3)c2)=C(C(=O)N(Cc2cccc(Cl)c2Cl)C2CC2)C1. The summed E-state index contributed by atoms with van der Waals surface area (Å²) < 4.78 is 5.67. The molecule has 0 radical (unpaired) electrons. The van der Waals surface area contributed by atoms with Crippen LogP contribution >= 0.6 is 34.8 Å². The van der Waals surface area contributed by atoms with Crippen molar-refractivity contribution in [3.05, 3.63) is 92.7 Å². The van der Waals surface area contributed by atoms with E-state index in [1.54, 1.807) is 23.2 Å². The van der Waals surface area contributed by atoms with E-state index in [4.69, 9.17) is 39.5 Å². The Kier molecular flexibility index (Phi) is 8.65. The molecule has 41 heavy (non-hydrogen) atoms. The van der Waals surface area contributed by atoms with E-state index in [2.05, 4.69) is 11.1 Å². The third kappa shape index (κ3) is 7.06. The van der Waals surface area contributed by atoms with Gasteiger partial charge in [-0.3, -0.25) is 4.79 Å². The zero-order valence-corrected chi connectivity index (χ0v) is 25.6. The number of rotatable bonds is 6. The highest BCUT2D eigenvalue weighted by Crippen LogP contribution is 2.37. The van der Waals surface area contributed by atoms with Crippen molar-refractivity contribution in [3.63, 3.8) is 0 Å². The molecule has 9 heteroatoms. The number of pyridine rings is 1. The molecule has 0 atom stereocenters. The van der Waals surface area contributed by atoms with Crippen molar-refractivity contribution in [2.24, 2.45) is 0 Å². The van der Waals surface area contributed by atoms with Crippen LogP contribution in [0.25, 0.3) is 16.7 Å². The highest BCUT2D eigenvalue weighted by Gasteiger charge is 2.38. The minimum absolute atomic E-state index is 0.106. The third-order valence-corrected chi connectivity index (χ3v) is 8.23. The standard InChI is InChI=1S/C32H32Cl3N3O3/c1-32(2,3)41-31(40)37-15-14-25(21-7-4-6-20(16-21)22-10-13-28(34)36-17-22)26(19-37)30(39)38(24-11-12-24)18-23-8-5-9-27(33)29(23)35/h4-10,13,16-17,24H,11-12,14-15,18-19H2,1-3H3. The van der Waals surface area contributed by atoms with Crippen LogP contribution in [0.15, 0.2) is 66.4 Å². The molecular weight excluding hydrogens is 581 g/mol. The average molecular weight is 613 g/mol. The second-order valence-electron chi connectivity index (χ2n) is 11.4. The number of ether oxygens (including phenoxy) is 1. The van der Waals surface area contributed by atoms with Gasteiger partial charge in [-0.2, -0.15) is 0 Å². The van der Waals surface area contributed by atoms with Crippen molar-refractivity contribution >= 4 is 52.4 Å². The Balaban J connectivity index is 1.54. The van der Waals surface area contributed by atoms with Gasteiger partial charge in [0, 0.05) is 36.5 Å². The predicted molar refractivity (Wildman–Crippen MR) is 164 cm³/mol. The van der Waals surface area contributed by atoms with E-state index in [1.165, 1.54) is 0 Å². The van der Waals surface area contributed by atoms with Gasteiger partial charge in [0.15, 0.2) is 0 Å². The molecule has 0 unspecified atom stereocenters. The fourth-order valence-corrected chi connectivity index (χ4v) is 5.47. The molecule has 2 amide bonds. The molecular formula is C32H32Cl3N3O3. The lowest BCUT2D eigenvalue weighted by Crippen LogP contribution is -2.44. The summed E-state index contributed by atoms with van der Waals surface area (Å²) >= 11 is 18.8. The Labute approximate surface area is 255 Å². The zero-order valence-electron chi connectivity index (χ0n) is 23.3. The number of carbonyl (C=O) groups is 2. The van der Waals surface area contributed by atoms with E-state index in [9.17, 15) is 9.59 Å². The first-order chi connectivity index (χ1) is 19.5. The molecule has 0 N–H and O–H groups in total. The largest absolute Gasteiger partial charge is 0.444 e. The van der Waals surface area contributed by atoms with Gasteiger partial charge in [-0.25, -0.2) is 9.78 Å². The van der Waals surface area contributed by atoms with E-state index < -0.39 is 11.7 Å². The van der Waals surface area contributed by atoms with Gasteiger partial charge in [-0.1, -0.05) is 65.1 Å². The van der Waals surface area contributed by atoms with Gasteiger partial charge in [0.1, 0.15) is 10.8 Å². The molecule has 214 valence electrons. The van der Waals surface area contributed by atoms with Crippen molar-refractivity contribution in [1.82, 2.24) is 14.8 Å². The predicted octanol–water partition coefficient (Wildman–Crippen LogP) is 8.29. The van der Waals surface area contributed by atoms with Crippen LogP contribution in [-0.2, 0) is 16.1 Å². The lowest BCUT2D eigenvalue weighted by atomic mass is 9.90. The number of aromatic nitrogens is 1. The quantitative estimate of drug-likeness (QED) is 0.263. The second kappa shape index (κ2) is 12.0. The monoisotopic (exact) mass is 611 g/mol. The lowest BCUT2D eigenvalue weighted by molar-refractivity contribution is -0.128. The number of halogens is 3. The van der Waals surface area contributed by atoms with Crippen LogP contribution in [0.4, 0.5) is 4.79 Å². The normalized spacial score (nSPS) is 15.6. The highest BCUT2D eigenvalue weighted by molar-refractivity contribution is 6.42. The summed E-state index contributed by atoms with van der Waals surface area (Å²) in [5.41, 5.74) is 4.46. The molecule has 2 heterocycles. The van der Waals surface area contributed by atoms with E-state index in [0.29, 0.717) is 40.3 Å². The van der Waals surface area contributed by atoms with Crippen LogP contribution in [0, 0.1) is 0 Å². The van der Waals surface area contributed by atoms with Crippen molar-refractivity contribution in [1.29, 1.82) is 0 Å². The summed E-state index contributed by atoms with van der Waals surface area (Å²) in [6, 6.07) is 17.3. The summed E-state index contributed by atoms with van der Waals surface area (Å²) in [6.45, 7) is 6.44. The van der Waals surface area contributed by atoms with E-state index in [-0.39, 0.29) is 18.5 Å². The maximum Gasteiger partial charge on any atom is 0.410 e. The van der Waals surface area contributed by atoms with Gasteiger partial charge in [0.25, 0.3) is 5.91 Å². The van der Waals surface area contributed by atoms with Crippen molar-refractivity contribution in [2.75, 3.05) is 13.1 Å². The van der Waals surface area contributed by atoms with Gasteiger partial charge < -0.3 is 14.5 Å². The van der Waals surface area contributed by atoms with Crippen molar-refractivity contribution < 1.29 is 14.3 Å². The zero-order chi connectivity index (χ0) is 29.3. The number of hydrogen-bond donors (Lipinski definition) is 0. The van der Waals surface area contributed by atoms with Crippen LogP contribution in [0.2, 0.25) is 15.2 Å². The lowest BCUT2D eigenvalue weighted by Gasteiger charge is -2.34. The Morgan fingerprint density at radius 3 is 2.41 bits per heavy atom. The molecule has 1 aliphatic carbocycles. The van der Waals surface area contributed by atoms with Gasteiger partial charge in [0.2, 0.25) is 0 Å². The van der Waals surface area contributed by atoms with E-state index >= 15 is 0 Å². The Morgan fingerprint density at radius 2 is 1.73 bits per heavy atom. The number of nitrogens with zero attached hydrogens (tertiary/aromatic N) is 3. The summed E-state index contributed by atoms with van der Waals surface area (Å²) in [5, 5.41) is 1.33. The molecule has 0 saturated heterocycles. The maximum absolute atomic E-state index is 14.4. The van der Waals surface area contributed by atoms with Crippen LogP contribution in [0.3, 0.4) is 0 Å². The molecule has 1 aliphatic heterocycles. The summed E-state index contributed by atoms with van der Waals surface area (Å²) in [5.74, 6) is -0.106. The molecule has 6 nitrogen and oxygen atoms in total. The molecule has 0 bridgehead atoms. The minimum atomic E-state index is -0.643. The number of hydrogen-bond acceptors (Lipinski definition) is 4. The highest BCUT2D eigenvalue weighted by atomic mass is 35.5. The number of carbonyl (C=O) groups excluding carboxylic acids is 2. The van der Waals surface area contributed by atoms with E-state index in [0.717, 1.165) is 40.7 Å². The maximum atomic E-state index is 14.4. The fraction of sp³-hybridized carbons (Fsp3) is 0.344. The summed E-state index contributed by atoms with van der Waals surface area (Å²) in [7, 11) is 0. The van der Waals surface area contributed by atoms with Crippen LogP contribution < -0.4 is 0 Å². The van der Waals surface area contributed by atoms with Crippen LogP contribution in [0.1, 0.15) is 51.2 Å². The molecule has 1 fully saturated rings. The number of benzene rings is 2. The summed E-state index contributed by atoms with van der Waals surface area (Å²) in [6.07, 6.45) is 3.65. The first kappa shape index (κ1) is 29.4. The Bertz CT molecular complexity index is 1490. The van der Waals surface area contributed by atoms with Gasteiger partial charge in [-0.05, 0) is 86.6 Å². The third-order valence-electron chi connectivity index (χ3n) is 7.15. The minimum Gasteiger partial charge on any atom is -0.444 e. The Hall–Kier alpha value is -3.06. The second-order valence-corrected chi connectivity index (χ2v) is 12.6. The molecule has 1 aromatic heterocycles. The van der Waals surface area contributed by atoms with Crippen molar-refractivity contribution in [3.8, 4) is 11.1 Å². The average Bonchev–Trinajstić information content (AvgIpc) is 3.78. The first-order valence-corrected chi connectivity index (χ1v) is 14.8. The molecule has 0 spiro atoms. The molecule has 5 rings (SSSR count). The van der Waals surface area contributed by atoms with Gasteiger partial charge >= 0.3 is 6.09 Å². The number of amides is 2. The van der Waals surface area contributed by atoms with Crippen LogP contribution in [0.5, 0.6) is 0 Å². The van der Waals surface area contributed by atoms with Crippen molar-refractivity contribution in [2.45, 2.75) is 58.2 Å².